The van der Waals surface area contributed by atoms with Crippen molar-refractivity contribution in [2.24, 2.45) is 0 Å². The highest BCUT2D eigenvalue weighted by atomic mass is 16.5. The van der Waals surface area contributed by atoms with Crippen molar-refractivity contribution in [2.45, 2.75) is 32.8 Å². The average Bonchev–Trinajstić information content (AvgIpc) is 3.12. The van der Waals surface area contributed by atoms with Crippen molar-refractivity contribution < 1.29 is 9.53 Å². The Balaban J connectivity index is 2.21. The van der Waals surface area contributed by atoms with E-state index in [1.165, 1.54) is 0 Å². The number of rotatable bonds is 3. The summed E-state index contributed by atoms with van der Waals surface area (Å²) in [6.07, 6.45) is 5.78. The standard InChI is InChI=1S/C14H14N2O2/c1-8-5-11-12(9(2)17)6-16-14(13(11)7-15-8)18-10-3-4-10/h5-7,10H,3-4H2,1-2H3. The molecule has 18 heavy (non-hydrogen) atoms. The minimum atomic E-state index is 0.0103. The molecule has 0 N–H and O–H groups in total. The first-order valence-corrected chi connectivity index (χ1v) is 6.08. The Morgan fingerprint density at radius 2 is 2.06 bits per heavy atom. The predicted molar refractivity (Wildman–Crippen MR) is 67.9 cm³/mol. The maximum Gasteiger partial charge on any atom is 0.223 e. The number of carbonyl (C=O) groups excluding carboxylic acids is 1. The summed E-state index contributed by atoms with van der Waals surface area (Å²) >= 11 is 0. The molecule has 3 rings (SSSR count). The molecule has 1 aliphatic carbocycles. The van der Waals surface area contributed by atoms with E-state index in [0.29, 0.717) is 11.4 Å². The molecular weight excluding hydrogens is 228 g/mol. The Bertz CT molecular complexity index is 633. The number of aryl methyl sites for hydroxylation is 1. The molecule has 0 spiro atoms. The first-order chi connectivity index (χ1) is 8.65. The van der Waals surface area contributed by atoms with Gasteiger partial charge in [0.15, 0.2) is 5.78 Å². The molecule has 0 aliphatic heterocycles. The highest BCUT2D eigenvalue weighted by molar-refractivity contribution is 6.07. The van der Waals surface area contributed by atoms with Crippen LogP contribution >= 0.6 is 0 Å². The van der Waals surface area contributed by atoms with Crippen molar-refractivity contribution in [3.05, 3.63) is 29.7 Å². The van der Waals surface area contributed by atoms with Gasteiger partial charge in [-0.1, -0.05) is 0 Å². The summed E-state index contributed by atoms with van der Waals surface area (Å²) in [5.41, 5.74) is 1.51. The molecule has 0 unspecified atom stereocenters. The Hall–Kier alpha value is -1.97. The Morgan fingerprint density at radius 3 is 2.72 bits per heavy atom. The van der Waals surface area contributed by atoms with Gasteiger partial charge in [0, 0.05) is 29.0 Å². The molecule has 4 heteroatoms. The van der Waals surface area contributed by atoms with Crippen molar-refractivity contribution in [2.75, 3.05) is 0 Å². The van der Waals surface area contributed by atoms with Gasteiger partial charge >= 0.3 is 0 Å². The van der Waals surface area contributed by atoms with Crippen LogP contribution in [0.25, 0.3) is 10.8 Å². The highest BCUT2D eigenvalue weighted by Gasteiger charge is 2.25. The van der Waals surface area contributed by atoms with E-state index in [1.807, 2.05) is 13.0 Å². The SMILES string of the molecule is CC(=O)c1cnc(OC2CC2)c2cnc(C)cc12. The van der Waals surface area contributed by atoms with E-state index in [0.717, 1.165) is 29.3 Å². The van der Waals surface area contributed by atoms with E-state index >= 15 is 0 Å². The summed E-state index contributed by atoms with van der Waals surface area (Å²) in [6.45, 7) is 3.46. The van der Waals surface area contributed by atoms with Gasteiger partial charge in [-0.05, 0) is 32.8 Å². The van der Waals surface area contributed by atoms with E-state index < -0.39 is 0 Å². The number of nitrogens with zero attached hydrogens (tertiary/aromatic N) is 2. The van der Waals surface area contributed by atoms with Crippen molar-refractivity contribution in [3.8, 4) is 5.88 Å². The molecule has 0 bridgehead atoms. The molecule has 1 aliphatic rings. The zero-order chi connectivity index (χ0) is 12.7. The quantitative estimate of drug-likeness (QED) is 0.776. The number of hydrogen-bond acceptors (Lipinski definition) is 4. The highest BCUT2D eigenvalue weighted by Crippen LogP contribution is 2.31. The third-order valence-corrected chi connectivity index (χ3v) is 3.05. The molecule has 0 amide bonds. The van der Waals surface area contributed by atoms with Gasteiger partial charge in [-0.2, -0.15) is 0 Å². The van der Waals surface area contributed by atoms with Gasteiger partial charge in [-0.3, -0.25) is 9.78 Å². The number of ether oxygens (including phenoxy) is 1. The number of carbonyl (C=O) groups is 1. The maximum absolute atomic E-state index is 11.6. The molecule has 0 atom stereocenters. The topological polar surface area (TPSA) is 52.1 Å². The molecule has 92 valence electrons. The maximum atomic E-state index is 11.6. The van der Waals surface area contributed by atoms with Gasteiger partial charge in [-0.15, -0.1) is 0 Å². The van der Waals surface area contributed by atoms with Gasteiger partial charge in [0.05, 0.1) is 5.39 Å². The van der Waals surface area contributed by atoms with Crippen LogP contribution in [0.5, 0.6) is 5.88 Å². The summed E-state index contributed by atoms with van der Waals surface area (Å²) in [7, 11) is 0. The molecule has 2 aromatic heterocycles. The van der Waals surface area contributed by atoms with Crippen LogP contribution in [-0.2, 0) is 0 Å². The largest absolute Gasteiger partial charge is 0.474 e. The van der Waals surface area contributed by atoms with E-state index in [4.69, 9.17) is 4.74 Å². The Kier molecular flexibility index (Phi) is 2.51. The van der Waals surface area contributed by atoms with Gasteiger partial charge in [0.2, 0.25) is 5.88 Å². The Labute approximate surface area is 105 Å². The Morgan fingerprint density at radius 1 is 1.28 bits per heavy atom. The first-order valence-electron chi connectivity index (χ1n) is 6.08. The van der Waals surface area contributed by atoms with Crippen molar-refractivity contribution >= 4 is 16.6 Å². The minimum absolute atomic E-state index is 0.0103. The smallest absolute Gasteiger partial charge is 0.223 e. The fourth-order valence-electron chi connectivity index (χ4n) is 1.93. The van der Waals surface area contributed by atoms with Gasteiger partial charge in [0.25, 0.3) is 0 Å². The van der Waals surface area contributed by atoms with Crippen LogP contribution in [0.15, 0.2) is 18.5 Å². The van der Waals surface area contributed by atoms with Crippen molar-refractivity contribution in [3.63, 3.8) is 0 Å². The van der Waals surface area contributed by atoms with Crippen LogP contribution in [0.1, 0.15) is 35.8 Å². The molecule has 2 aromatic rings. The molecule has 0 aromatic carbocycles. The van der Waals surface area contributed by atoms with Crippen LogP contribution in [0.3, 0.4) is 0 Å². The van der Waals surface area contributed by atoms with E-state index in [1.54, 1.807) is 19.3 Å². The van der Waals surface area contributed by atoms with Gasteiger partial charge in [0.1, 0.15) is 6.10 Å². The zero-order valence-electron chi connectivity index (χ0n) is 10.4. The molecule has 1 saturated carbocycles. The summed E-state index contributed by atoms with van der Waals surface area (Å²) < 4.78 is 5.75. The van der Waals surface area contributed by atoms with Crippen LogP contribution in [0.2, 0.25) is 0 Å². The number of hydrogen-bond donors (Lipinski definition) is 0. The van der Waals surface area contributed by atoms with Gasteiger partial charge in [-0.25, -0.2) is 4.98 Å². The zero-order valence-corrected chi connectivity index (χ0v) is 10.4. The van der Waals surface area contributed by atoms with Crippen LogP contribution in [0.4, 0.5) is 0 Å². The molecule has 4 nitrogen and oxygen atoms in total. The summed E-state index contributed by atoms with van der Waals surface area (Å²) in [6, 6.07) is 1.91. The predicted octanol–water partition coefficient (Wildman–Crippen LogP) is 2.68. The molecular formula is C14H14N2O2. The number of Topliss-reactive ketones (excluding diaryl/α,β-unsaturated/α-hetero) is 1. The van der Waals surface area contributed by atoms with Gasteiger partial charge < -0.3 is 4.74 Å². The number of fused-ring (bicyclic) bond motifs is 1. The second-order valence-corrected chi connectivity index (χ2v) is 4.72. The summed E-state index contributed by atoms with van der Waals surface area (Å²) in [5, 5.41) is 1.70. The summed E-state index contributed by atoms with van der Waals surface area (Å²) in [4.78, 5) is 20.1. The second kappa shape index (κ2) is 4.05. The summed E-state index contributed by atoms with van der Waals surface area (Å²) in [5.74, 6) is 0.598. The van der Waals surface area contributed by atoms with Crippen LogP contribution in [-0.4, -0.2) is 21.9 Å². The lowest BCUT2D eigenvalue weighted by atomic mass is 10.1. The molecule has 0 radical (unpaired) electrons. The number of ketones is 1. The normalized spacial score (nSPS) is 14.8. The fraction of sp³-hybridized carbons (Fsp3) is 0.357. The monoisotopic (exact) mass is 242 g/mol. The van der Waals surface area contributed by atoms with E-state index in [-0.39, 0.29) is 11.9 Å². The molecule has 0 saturated heterocycles. The fourth-order valence-corrected chi connectivity index (χ4v) is 1.93. The number of pyridine rings is 2. The first kappa shape index (κ1) is 11.1. The molecule has 1 fully saturated rings. The average molecular weight is 242 g/mol. The lowest BCUT2D eigenvalue weighted by Gasteiger charge is -2.09. The second-order valence-electron chi connectivity index (χ2n) is 4.72. The molecule has 2 heterocycles. The lowest BCUT2D eigenvalue weighted by molar-refractivity contribution is 0.101. The van der Waals surface area contributed by atoms with Crippen molar-refractivity contribution in [1.82, 2.24) is 9.97 Å². The van der Waals surface area contributed by atoms with E-state index in [9.17, 15) is 4.79 Å². The third-order valence-electron chi connectivity index (χ3n) is 3.05. The van der Waals surface area contributed by atoms with Crippen LogP contribution in [0, 0.1) is 6.92 Å². The minimum Gasteiger partial charge on any atom is -0.474 e. The lowest BCUT2D eigenvalue weighted by Crippen LogP contribution is -2.03. The van der Waals surface area contributed by atoms with Crippen LogP contribution < -0.4 is 4.74 Å². The van der Waals surface area contributed by atoms with E-state index in [2.05, 4.69) is 9.97 Å². The number of aromatic nitrogens is 2. The van der Waals surface area contributed by atoms with Crippen molar-refractivity contribution in [1.29, 1.82) is 0 Å². The third kappa shape index (κ3) is 1.94.